The molecular weight excluding hydrogens is 259 g/mol. The number of hydrogen-bond donors (Lipinski definition) is 1. The lowest BCUT2D eigenvalue weighted by atomic mass is 10.1. The van der Waals surface area contributed by atoms with E-state index >= 15 is 0 Å². The Labute approximate surface area is 118 Å². The fourth-order valence-electron chi connectivity index (χ4n) is 1.92. The molecule has 0 radical (unpaired) electrons. The Morgan fingerprint density at radius 3 is 2.90 bits per heavy atom. The summed E-state index contributed by atoms with van der Waals surface area (Å²) in [5, 5.41) is 3.28. The van der Waals surface area contributed by atoms with Crippen LogP contribution in [0, 0.1) is 5.82 Å². The normalized spacial score (nSPS) is 11.1. The predicted octanol–water partition coefficient (Wildman–Crippen LogP) is 3.03. The minimum Gasteiger partial charge on any atom is -0.496 e. The van der Waals surface area contributed by atoms with Crippen molar-refractivity contribution < 1.29 is 13.5 Å². The second-order valence-electron chi connectivity index (χ2n) is 4.79. The van der Waals surface area contributed by atoms with Crippen LogP contribution in [0.3, 0.4) is 0 Å². The largest absolute Gasteiger partial charge is 0.496 e. The third-order valence-electron chi connectivity index (χ3n) is 2.89. The van der Waals surface area contributed by atoms with Crippen molar-refractivity contribution in [1.29, 1.82) is 0 Å². The van der Waals surface area contributed by atoms with E-state index in [1.165, 1.54) is 19.4 Å². The standard InChI is InChI=1S/C15H19FN2O2/c1-10(2)17-8-7-14-18-9-13(20-14)15-11(16)5-4-6-12(15)19-3/h4-6,9-10,17H,7-8H2,1-3H3. The number of nitrogens with one attached hydrogen (secondary N) is 1. The second kappa shape index (κ2) is 6.52. The van der Waals surface area contributed by atoms with Crippen molar-refractivity contribution >= 4 is 0 Å². The molecule has 1 aromatic carbocycles. The van der Waals surface area contributed by atoms with Gasteiger partial charge in [0.15, 0.2) is 11.7 Å². The monoisotopic (exact) mass is 278 g/mol. The van der Waals surface area contributed by atoms with E-state index in [0.29, 0.717) is 35.4 Å². The van der Waals surface area contributed by atoms with Crippen LogP contribution in [0.15, 0.2) is 28.8 Å². The molecule has 0 aliphatic carbocycles. The van der Waals surface area contributed by atoms with E-state index < -0.39 is 0 Å². The van der Waals surface area contributed by atoms with E-state index in [2.05, 4.69) is 24.1 Å². The summed E-state index contributed by atoms with van der Waals surface area (Å²) in [6.07, 6.45) is 2.20. The van der Waals surface area contributed by atoms with Crippen molar-refractivity contribution in [2.75, 3.05) is 13.7 Å². The SMILES string of the molecule is COc1cccc(F)c1-c1cnc(CCNC(C)C)o1. The summed E-state index contributed by atoms with van der Waals surface area (Å²) in [5.41, 5.74) is 0.311. The van der Waals surface area contributed by atoms with Crippen molar-refractivity contribution in [3.8, 4) is 17.1 Å². The molecule has 5 heteroatoms. The molecule has 1 aromatic heterocycles. The van der Waals surface area contributed by atoms with Gasteiger partial charge in [-0.25, -0.2) is 9.37 Å². The summed E-state index contributed by atoms with van der Waals surface area (Å²) in [6.45, 7) is 4.92. The highest BCUT2D eigenvalue weighted by atomic mass is 19.1. The van der Waals surface area contributed by atoms with Crippen LogP contribution in [0.2, 0.25) is 0 Å². The van der Waals surface area contributed by atoms with Gasteiger partial charge in [-0.2, -0.15) is 0 Å². The second-order valence-corrected chi connectivity index (χ2v) is 4.79. The van der Waals surface area contributed by atoms with Crippen molar-refractivity contribution in [3.63, 3.8) is 0 Å². The molecule has 0 saturated heterocycles. The maximum atomic E-state index is 13.9. The summed E-state index contributed by atoms with van der Waals surface area (Å²) in [4.78, 5) is 4.18. The van der Waals surface area contributed by atoms with Gasteiger partial charge in [0, 0.05) is 19.0 Å². The van der Waals surface area contributed by atoms with E-state index in [9.17, 15) is 4.39 Å². The fraction of sp³-hybridized carbons (Fsp3) is 0.400. The average molecular weight is 278 g/mol. The maximum Gasteiger partial charge on any atom is 0.196 e. The summed E-state index contributed by atoms with van der Waals surface area (Å²) in [5.74, 6) is 1.03. The van der Waals surface area contributed by atoms with E-state index in [4.69, 9.17) is 9.15 Å². The first kappa shape index (κ1) is 14.5. The highest BCUT2D eigenvalue weighted by Crippen LogP contribution is 2.32. The van der Waals surface area contributed by atoms with Gasteiger partial charge in [-0.3, -0.25) is 0 Å². The molecule has 0 aliphatic heterocycles. The summed E-state index contributed by atoms with van der Waals surface area (Å²) in [6, 6.07) is 5.08. The molecule has 0 aliphatic rings. The summed E-state index contributed by atoms with van der Waals surface area (Å²) < 4.78 is 24.7. The Morgan fingerprint density at radius 1 is 1.40 bits per heavy atom. The smallest absolute Gasteiger partial charge is 0.196 e. The Bertz CT molecular complexity index is 567. The van der Waals surface area contributed by atoms with E-state index in [1.807, 2.05) is 0 Å². The Hall–Kier alpha value is -1.88. The first-order valence-electron chi connectivity index (χ1n) is 6.62. The summed E-state index contributed by atoms with van der Waals surface area (Å²) >= 11 is 0. The molecule has 0 amide bonds. The van der Waals surface area contributed by atoms with Gasteiger partial charge in [0.2, 0.25) is 0 Å². The number of benzene rings is 1. The van der Waals surface area contributed by atoms with Crippen LogP contribution in [0.4, 0.5) is 4.39 Å². The molecule has 0 fully saturated rings. The number of halogens is 1. The number of aromatic nitrogens is 1. The molecule has 108 valence electrons. The first-order chi connectivity index (χ1) is 9.61. The van der Waals surface area contributed by atoms with Gasteiger partial charge in [-0.05, 0) is 12.1 Å². The maximum absolute atomic E-state index is 13.9. The van der Waals surface area contributed by atoms with Gasteiger partial charge < -0.3 is 14.5 Å². The molecule has 1 heterocycles. The molecular formula is C15H19FN2O2. The van der Waals surface area contributed by atoms with E-state index in [1.54, 1.807) is 12.1 Å². The van der Waals surface area contributed by atoms with Crippen LogP contribution in [0.1, 0.15) is 19.7 Å². The zero-order chi connectivity index (χ0) is 14.5. The molecule has 1 N–H and O–H groups in total. The van der Waals surface area contributed by atoms with Crippen LogP contribution in [0.25, 0.3) is 11.3 Å². The lowest BCUT2D eigenvalue weighted by Gasteiger charge is -2.07. The number of oxazole rings is 1. The quantitative estimate of drug-likeness (QED) is 0.882. The van der Waals surface area contributed by atoms with Crippen molar-refractivity contribution in [3.05, 3.63) is 36.1 Å². The molecule has 0 bridgehead atoms. The minimum atomic E-state index is -0.382. The van der Waals surface area contributed by atoms with Crippen LogP contribution in [-0.4, -0.2) is 24.7 Å². The highest BCUT2D eigenvalue weighted by Gasteiger charge is 2.16. The number of hydrogen-bond acceptors (Lipinski definition) is 4. The van der Waals surface area contributed by atoms with E-state index in [-0.39, 0.29) is 5.82 Å². The third-order valence-corrected chi connectivity index (χ3v) is 2.89. The van der Waals surface area contributed by atoms with E-state index in [0.717, 1.165) is 6.54 Å². The van der Waals surface area contributed by atoms with Crippen LogP contribution in [-0.2, 0) is 6.42 Å². The van der Waals surface area contributed by atoms with Gasteiger partial charge in [-0.1, -0.05) is 19.9 Å². The molecule has 0 saturated carbocycles. The lowest BCUT2D eigenvalue weighted by molar-refractivity contribution is 0.410. The lowest BCUT2D eigenvalue weighted by Crippen LogP contribution is -2.24. The van der Waals surface area contributed by atoms with Gasteiger partial charge in [0.05, 0.1) is 18.9 Å². The van der Waals surface area contributed by atoms with Gasteiger partial charge in [0.1, 0.15) is 11.6 Å². The molecule has 0 atom stereocenters. The molecule has 0 spiro atoms. The van der Waals surface area contributed by atoms with Gasteiger partial charge in [-0.15, -0.1) is 0 Å². The molecule has 2 aromatic rings. The number of methoxy groups -OCH3 is 1. The number of rotatable bonds is 6. The Morgan fingerprint density at radius 2 is 2.20 bits per heavy atom. The predicted molar refractivity (Wildman–Crippen MR) is 75.3 cm³/mol. The van der Waals surface area contributed by atoms with Gasteiger partial charge in [0.25, 0.3) is 0 Å². The van der Waals surface area contributed by atoms with Crippen LogP contribution in [0.5, 0.6) is 5.75 Å². The highest BCUT2D eigenvalue weighted by molar-refractivity contribution is 5.65. The van der Waals surface area contributed by atoms with Gasteiger partial charge >= 0.3 is 0 Å². The number of nitrogens with zero attached hydrogens (tertiary/aromatic N) is 1. The first-order valence-corrected chi connectivity index (χ1v) is 6.62. The minimum absolute atomic E-state index is 0.311. The third kappa shape index (κ3) is 3.36. The van der Waals surface area contributed by atoms with Crippen molar-refractivity contribution in [1.82, 2.24) is 10.3 Å². The zero-order valence-corrected chi connectivity index (χ0v) is 11.9. The zero-order valence-electron chi connectivity index (χ0n) is 11.9. The topological polar surface area (TPSA) is 47.3 Å². The van der Waals surface area contributed by atoms with Crippen molar-refractivity contribution in [2.24, 2.45) is 0 Å². The Kier molecular flexibility index (Phi) is 4.74. The average Bonchev–Trinajstić information content (AvgIpc) is 2.86. The fourth-order valence-corrected chi connectivity index (χ4v) is 1.92. The molecule has 2 rings (SSSR count). The Balaban J connectivity index is 2.16. The van der Waals surface area contributed by atoms with Crippen LogP contribution >= 0.6 is 0 Å². The van der Waals surface area contributed by atoms with Crippen molar-refractivity contribution in [2.45, 2.75) is 26.3 Å². The summed E-state index contributed by atoms with van der Waals surface area (Å²) in [7, 11) is 1.50. The van der Waals surface area contributed by atoms with Crippen LogP contribution < -0.4 is 10.1 Å². The molecule has 0 unspecified atom stereocenters. The molecule has 4 nitrogen and oxygen atoms in total. The molecule has 20 heavy (non-hydrogen) atoms. The number of ether oxygens (including phenoxy) is 1.